The Morgan fingerprint density at radius 2 is 2.16 bits per heavy atom. The number of benzene rings is 1. The van der Waals surface area contributed by atoms with Crippen LogP contribution >= 0.6 is 0 Å². The van der Waals surface area contributed by atoms with E-state index in [1.807, 2.05) is 17.9 Å². The van der Waals surface area contributed by atoms with E-state index in [4.69, 9.17) is 0 Å². The van der Waals surface area contributed by atoms with Crippen molar-refractivity contribution in [2.75, 3.05) is 7.05 Å². The summed E-state index contributed by atoms with van der Waals surface area (Å²) >= 11 is 0. The van der Waals surface area contributed by atoms with Crippen LogP contribution in [0.1, 0.15) is 23.5 Å². The molecule has 1 aliphatic rings. The summed E-state index contributed by atoms with van der Waals surface area (Å²) in [6.45, 7) is 0. The Balaban J connectivity index is 1.65. The maximum Gasteiger partial charge on any atom is 0.0522 e. The van der Waals surface area contributed by atoms with Crippen LogP contribution in [0.5, 0.6) is 0 Å². The van der Waals surface area contributed by atoms with Crippen molar-refractivity contribution in [3.8, 4) is 0 Å². The van der Waals surface area contributed by atoms with Gasteiger partial charge in [-0.2, -0.15) is 5.10 Å². The van der Waals surface area contributed by atoms with Gasteiger partial charge in [-0.15, -0.1) is 0 Å². The van der Waals surface area contributed by atoms with Crippen molar-refractivity contribution < 1.29 is 0 Å². The predicted molar refractivity (Wildman–Crippen MR) is 77.0 cm³/mol. The average Bonchev–Trinajstić information content (AvgIpc) is 3.13. The van der Waals surface area contributed by atoms with Gasteiger partial charge in [0, 0.05) is 19.3 Å². The number of likely N-dealkylation sites (N-methyl/N-ethyl adjacent to an activating group) is 1. The Hall–Kier alpha value is -1.61. The minimum atomic E-state index is 0.550. The maximum absolute atomic E-state index is 4.25. The second-order valence-corrected chi connectivity index (χ2v) is 5.54. The molecule has 1 aromatic heterocycles. The first-order valence-corrected chi connectivity index (χ1v) is 6.97. The average molecular weight is 255 g/mol. The van der Waals surface area contributed by atoms with Gasteiger partial charge in [0.05, 0.1) is 6.20 Å². The number of hydrogen-bond acceptors (Lipinski definition) is 2. The molecule has 0 spiro atoms. The largest absolute Gasteiger partial charge is 0.316 e. The van der Waals surface area contributed by atoms with Crippen LogP contribution in [-0.4, -0.2) is 22.9 Å². The zero-order valence-corrected chi connectivity index (χ0v) is 11.6. The van der Waals surface area contributed by atoms with E-state index >= 15 is 0 Å². The fourth-order valence-electron chi connectivity index (χ4n) is 3.04. The molecule has 0 aliphatic heterocycles. The molecule has 3 atom stereocenters. The van der Waals surface area contributed by atoms with Crippen LogP contribution in [-0.2, 0) is 13.5 Å². The molecule has 3 unspecified atom stereocenters. The van der Waals surface area contributed by atoms with Gasteiger partial charge < -0.3 is 5.32 Å². The third-order valence-electron chi connectivity index (χ3n) is 4.17. The first-order valence-electron chi connectivity index (χ1n) is 6.97. The van der Waals surface area contributed by atoms with Crippen LogP contribution in [0, 0.1) is 5.92 Å². The lowest BCUT2D eigenvalue weighted by Gasteiger charge is -2.15. The van der Waals surface area contributed by atoms with E-state index in [1.165, 1.54) is 17.5 Å². The van der Waals surface area contributed by atoms with Crippen LogP contribution in [0.15, 0.2) is 42.7 Å². The van der Waals surface area contributed by atoms with Crippen LogP contribution in [0.2, 0.25) is 0 Å². The summed E-state index contributed by atoms with van der Waals surface area (Å²) < 4.78 is 1.88. The molecule has 19 heavy (non-hydrogen) atoms. The smallest absolute Gasteiger partial charge is 0.0522 e. The molecule has 0 saturated heterocycles. The van der Waals surface area contributed by atoms with Crippen molar-refractivity contribution in [1.29, 1.82) is 0 Å². The first-order chi connectivity index (χ1) is 9.28. The second kappa shape index (κ2) is 5.17. The summed E-state index contributed by atoms with van der Waals surface area (Å²) in [5.74, 6) is 1.49. The number of rotatable bonds is 5. The van der Waals surface area contributed by atoms with Gasteiger partial charge in [0.1, 0.15) is 0 Å². The van der Waals surface area contributed by atoms with Crippen LogP contribution < -0.4 is 5.32 Å². The standard InChI is InChI=1S/C16H21N3/c1-17-16(8-12-10-18-19(2)11-12)15-9-14(15)13-6-4-3-5-7-13/h3-7,10-11,14-17H,8-9H2,1-2H3. The van der Waals surface area contributed by atoms with E-state index in [9.17, 15) is 0 Å². The van der Waals surface area contributed by atoms with Crippen molar-refractivity contribution in [2.24, 2.45) is 13.0 Å². The molecule has 100 valence electrons. The van der Waals surface area contributed by atoms with Crippen molar-refractivity contribution in [3.05, 3.63) is 53.9 Å². The number of nitrogens with zero attached hydrogens (tertiary/aromatic N) is 2. The fraction of sp³-hybridized carbons (Fsp3) is 0.438. The lowest BCUT2D eigenvalue weighted by atomic mass is 10.0. The first kappa shape index (κ1) is 12.4. The van der Waals surface area contributed by atoms with Gasteiger partial charge >= 0.3 is 0 Å². The highest BCUT2D eigenvalue weighted by Gasteiger charge is 2.43. The SMILES string of the molecule is CNC(Cc1cnn(C)c1)C1CC1c1ccccc1. The van der Waals surface area contributed by atoms with Gasteiger partial charge in [0.15, 0.2) is 0 Å². The zero-order chi connectivity index (χ0) is 13.2. The molecule has 1 heterocycles. The topological polar surface area (TPSA) is 29.9 Å². The number of aryl methyl sites for hydroxylation is 1. The summed E-state index contributed by atoms with van der Waals surface area (Å²) in [5.41, 5.74) is 2.81. The lowest BCUT2D eigenvalue weighted by Crippen LogP contribution is -2.30. The Kier molecular flexibility index (Phi) is 3.38. The van der Waals surface area contributed by atoms with Gasteiger partial charge in [0.25, 0.3) is 0 Å². The molecule has 0 amide bonds. The molecule has 1 N–H and O–H groups in total. The van der Waals surface area contributed by atoms with E-state index < -0.39 is 0 Å². The highest BCUT2D eigenvalue weighted by Crippen LogP contribution is 2.49. The second-order valence-electron chi connectivity index (χ2n) is 5.54. The number of hydrogen-bond donors (Lipinski definition) is 1. The van der Waals surface area contributed by atoms with E-state index in [0.29, 0.717) is 6.04 Å². The lowest BCUT2D eigenvalue weighted by molar-refractivity contribution is 0.491. The highest BCUT2D eigenvalue weighted by molar-refractivity contribution is 5.27. The molecule has 0 bridgehead atoms. The molecule has 1 saturated carbocycles. The maximum atomic E-state index is 4.25. The molecule has 3 rings (SSSR count). The molecule has 0 radical (unpaired) electrons. The van der Waals surface area contributed by atoms with Crippen LogP contribution in [0.25, 0.3) is 0 Å². The van der Waals surface area contributed by atoms with Gasteiger partial charge in [-0.05, 0) is 42.9 Å². The normalized spacial score (nSPS) is 23.3. The van der Waals surface area contributed by atoms with E-state index in [2.05, 4.69) is 54.0 Å². The van der Waals surface area contributed by atoms with Gasteiger partial charge in [-0.1, -0.05) is 30.3 Å². The summed E-state index contributed by atoms with van der Waals surface area (Å²) in [5, 5.41) is 7.73. The number of nitrogens with one attached hydrogen (secondary N) is 1. The molecule has 3 nitrogen and oxygen atoms in total. The summed E-state index contributed by atoms with van der Waals surface area (Å²) in [7, 11) is 4.04. The van der Waals surface area contributed by atoms with Gasteiger partial charge in [-0.3, -0.25) is 4.68 Å². The van der Waals surface area contributed by atoms with Crippen molar-refractivity contribution in [2.45, 2.75) is 24.8 Å². The quantitative estimate of drug-likeness (QED) is 0.889. The zero-order valence-electron chi connectivity index (χ0n) is 11.6. The monoisotopic (exact) mass is 255 g/mol. The van der Waals surface area contributed by atoms with E-state index in [1.54, 1.807) is 0 Å². The summed E-state index contributed by atoms with van der Waals surface area (Å²) in [6, 6.07) is 11.4. The molecule has 1 aliphatic carbocycles. The Bertz CT molecular complexity index is 532. The predicted octanol–water partition coefficient (Wildman–Crippen LogP) is 2.35. The number of aromatic nitrogens is 2. The molecule has 3 heteroatoms. The van der Waals surface area contributed by atoms with E-state index in [-0.39, 0.29) is 0 Å². The third kappa shape index (κ3) is 2.71. The van der Waals surface area contributed by atoms with Gasteiger partial charge in [0.2, 0.25) is 0 Å². The third-order valence-corrected chi connectivity index (χ3v) is 4.17. The Labute approximate surface area is 114 Å². The fourth-order valence-corrected chi connectivity index (χ4v) is 3.04. The summed E-state index contributed by atoms with van der Waals surface area (Å²) in [4.78, 5) is 0. The van der Waals surface area contributed by atoms with Crippen LogP contribution in [0.4, 0.5) is 0 Å². The molecule has 2 aromatic rings. The van der Waals surface area contributed by atoms with E-state index in [0.717, 1.165) is 18.3 Å². The van der Waals surface area contributed by atoms with Gasteiger partial charge in [-0.25, -0.2) is 0 Å². The van der Waals surface area contributed by atoms with Crippen LogP contribution in [0.3, 0.4) is 0 Å². The Morgan fingerprint density at radius 3 is 2.79 bits per heavy atom. The minimum absolute atomic E-state index is 0.550. The molecular weight excluding hydrogens is 234 g/mol. The van der Waals surface area contributed by atoms with Crippen molar-refractivity contribution in [3.63, 3.8) is 0 Å². The minimum Gasteiger partial charge on any atom is -0.316 e. The summed E-state index contributed by atoms with van der Waals surface area (Å²) in [6.07, 6.45) is 6.46. The van der Waals surface area contributed by atoms with Crippen molar-refractivity contribution >= 4 is 0 Å². The van der Waals surface area contributed by atoms with Crippen molar-refractivity contribution in [1.82, 2.24) is 15.1 Å². The molecular formula is C16H21N3. The highest BCUT2D eigenvalue weighted by atomic mass is 15.2. The molecule has 1 fully saturated rings. The Morgan fingerprint density at radius 1 is 1.37 bits per heavy atom. The molecule has 1 aromatic carbocycles.